The maximum absolute atomic E-state index is 11.0. The van der Waals surface area contributed by atoms with Crippen molar-refractivity contribution in [1.82, 2.24) is 4.98 Å². The first kappa shape index (κ1) is 15.9. The lowest BCUT2D eigenvalue weighted by molar-refractivity contribution is -0.137. The molecule has 0 spiro atoms. The molecule has 4 N–H and O–H groups in total. The van der Waals surface area contributed by atoms with E-state index in [4.69, 9.17) is 10.8 Å². The molecule has 1 aromatic heterocycles. The average molecular weight is 279 g/mol. The van der Waals surface area contributed by atoms with E-state index in [0.717, 1.165) is 6.42 Å². The van der Waals surface area contributed by atoms with Crippen molar-refractivity contribution in [2.24, 2.45) is 11.1 Å². The molecule has 20 heavy (non-hydrogen) atoms. The van der Waals surface area contributed by atoms with Crippen molar-refractivity contribution in [3.8, 4) is 0 Å². The van der Waals surface area contributed by atoms with Crippen LogP contribution in [0.3, 0.4) is 0 Å². The van der Waals surface area contributed by atoms with Crippen molar-refractivity contribution < 1.29 is 14.7 Å². The lowest BCUT2D eigenvalue weighted by atomic mass is 9.84. The lowest BCUT2D eigenvalue weighted by Crippen LogP contribution is -2.19. The average Bonchev–Trinajstić information content (AvgIpc) is 2.37. The largest absolute Gasteiger partial charge is 0.481 e. The van der Waals surface area contributed by atoms with Gasteiger partial charge in [0.1, 0.15) is 11.5 Å². The van der Waals surface area contributed by atoms with Crippen molar-refractivity contribution in [2.75, 3.05) is 11.9 Å². The summed E-state index contributed by atoms with van der Waals surface area (Å²) in [6.07, 6.45) is 1.60. The third-order valence-electron chi connectivity index (χ3n) is 3.13. The summed E-state index contributed by atoms with van der Waals surface area (Å²) < 4.78 is 0. The molecule has 0 aliphatic rings. The molecule has 0 aliphatic carbocycles. The second-order valence-electron chi connectivity index (χ2n) is 5.51. The molecule has 6 heteroatoms. The Morgan fingerprint density at radius 3 is 2.65 bits per heavy atom. The zero-order chi connectivity index (χ0) is 15.2. The van der Waals surface area contributed by atoms with E-state index >= 15 is 0 Å². The quantitative estimate of drug-likeness (QED) is 0.673. The molecule has 0 unspecified atom stereocenters. The molecule has 0 radical (unpaired) electrons. The minimum absolute atomic E-state index is 0.0628. The number of hydrogen-bond donors (Lipinski definition) is 3. The monoisotopic (exact) mass is 279 g/mol. The number of nitrogens with two attached hydrogens (primary N) is 1. The zero-order valence-electron chi connectivity index (χ0n) is 11.8. The Kier molecular flexibility index (Phi) is 5.49. The molecule has 1 aromatic rings. The van der Waals surface area contributed by atoms with E-state index in [2.05, 4.69) is 10.3 Å². The van der Waals surface area contributed by atoms with E-state index in [9.17, 15) is 9.59 Å². The summed E-state index contributed by atoms with van der Waals surface area (Å²) in [5.74, 6) is -0.743. The first-order chi connectivity index (χ1) is 9.30. The van der Waals surface area contributed by atoms with Gasteiger partial charge >= 0.3 is 5.97 Å². The number of nitrogens with zero attached hydrogens (tertiary/aromatic N) is 1. The molecule has 0 aliphatic heterocycles. The molecular formula is C14H21N3O3. The highest BCUT2D eigenvalue weighted by Gasteiger charge is 2.18. The SMILES string of the molecule is CC(C)(CCNc1cccc(C(N)=O)n1)CCC(=O)O. The molecule has 1 amide bonds. The van der Waals surface area contributed by atoms with Gasteiger partial charge in [-0.3, -0.25) is 9.59 Å². The fourth-order valence-electron chi connectivity index (χ4n) is 1.77. The highest BCUT2D eigenvalue weighted by molar-refractivity contribution is 5.91. The second kappa shape index (κ2) is 6.88. The molecule has 0 bridgehead atoms. The maximum Gasteiger partial charge on any atom is 0.303 e. The molecular weight excluding hydrogens is 258 g/mol. The number of amides is 1. The van der Waals surface area contributed by atoms with Crippen LogP contribution in [0.4, 0.5) is 5.82 Å². The van der Waals surface area contributed by atoms with Crippen LogP contribution in [0.25, 0.3) is 0 Å². The number of carboxylic acid groups (broad SMARTS) is 1. The zero-order valence-corrected chi connectivity index (χ0v) is 11.8. The van der Waals surface area contributed by atoms with Crippen LogP contribution in [-0.4, -0.2) is 28.5 Å². The van der Waals surface area contributed by atoms with Crippen LogP contribution in [0.15, 0.2) is 18.2 Å². The van der Waals surface area contributed by atoms with Crippen LogP contribution in [0, 0.1) is 5.41 Å². The Morgan fingerprint density at radius 1 is 1.35 bits per heavy atom. The Hall–Kier alpha value is -2.11. The van der Waals surface area contributed by atoms with Crippen LogP contribution < -0.4 is 11.1 Å². The van der Waals surface area contributed by atoms with Gasteiger partial charge in [-0.15, -0.1) is 0 Å². The standard InChI is InChI=1S/C14H21N3O3/c1-14(2,7-6-12(18)19)8-9-16-11-5-3-4-10(17-11)13(15)20/h3-5H,6-9H2,1-2H3,(H2,15,20)(H,16,17)(H,18,19). The van der Waals surface area contributed by atoms with Gasteiger partial charge in [-0.05, 0) is 30.4 Å². The van der Waals surface area contributed by atoms with Gasteiger partial charge in [0, 0.05) is 13.0 Å². The number of hydrogen-bond acceptors (Lipinski definition) is 4. The topological polar surface area (TPSA) is 105 Å². The molecule has 6 nitrogen and oxygen atoms in total. The van der Waals surface area contributed by atoms with E-state index in [0.29, 0.717) is 18.8 Å². The third-order valence-corrected chi connectivity index (χ3v) is 3.13. The number of carboxylic acids is 1. The third kappa shape index (κ3) is 5.69. The van der Waals surface area contributed by atoms with Crippen LogP contribution in [0.5, 0.6) is 0 Å². The van der Waals surface area contributed by atoms with E-state index in [1.54, 1.807) is 18.2 Å². The highest BCUT2D eigenvalue weighted by Crippen LogP contribution is 2.26. The molecule has 110 valence electrons. The van der Waals surface area contributed by atoms with Gasteiger partial charge in [0.05, 0.1) is 0 Å². The van der Waals surface area contributed by atoms with Gasteiger partial charge < -0.3 is 16.2 Å². The second-order valence-corrected chi connectivity index (χ2v) is 5.51. The van der Waals surface area contributed by atoms with E-state index in [-0.39, 0.29) is 17.5 Å². The van der Waals surface area contributed by atoms with Gasteiger partial charge in [-0.25, -0.2) is 4.98 Å². The van der Waals surface area contributed by atoms with Crippen molar-refractivity contribution in [3.05, 3.63) is 23.9 Å². The number of primary amides is 1. The Balaban J connectivity index is 2.45. The first-order valence-corrected chi connectivity index (χ1v) is 6.53. The maximum atomic E-state index is 11.0. The molecule has 0 aromatic carbocycles. The summed E-state index contributed by atoms with van der Waals surface area (Å²) in [6, 6.07) is 5.03. The van der Waals surface area contributed by atoms with Crippen molar-refractivity contribution in [3.63, 3.8) is 0 Å². The number of pyridine rings is 1. The van der Waals surface area contributed by atoms with Crippen molar-refractivity contribution in [1.29, 1.82) is 0 Å². The van der Waals surface area contributed by atoms with E-state index in [1.165, 1.54) is 0 Å². The van der Waals surface area contributed by atoms with Crippen molar-refractivity contribution >= 4 is 17.7 Å². The number of anilines is 1. The van der Waals surface area contributed by atoms with E-state index in [1.807, 2.05) is 13.8 Å². The Morgan fingerprint density at radius 2 is 2.05 bits per heavy atom. The predicted octanol–water partition coefficient (Wildman–Crippen LogP) is 1.87. The summed E-state index contributed by atoms with van der Waals surface area (Å²) in [5.41, 5.74) is 5.32. The Bertz CT molecular complexity index is 486. The molecule has 0 saturated carbocycles. The minimum atomic E-state index is -0.776. The summed E-state index contributed by atoms with van der Waals surface area (Å²) in [7, 11) is 0. The van der Waals surface area contributed by atoms with Gasteiger partial charge in [0.25, 0.3) is 5.91 Å². The number of nitrogens with one attached hydrogen (secondary N) is 1. The summed E-state index contributed by atoms with van der Waals surface area (Å²) in [6.45, 7) is 4.72. The van der Waals surface area contributed by atoms with Gasteiger partial charge in [-0.1, -0.05) is 19.9 Å². The van der Waals surface area contributed by atoms with Crippen LogP contribution in [0.2, 0.25) is 0 Å². The van der Waals surface area contributed by atoms with Gasteiger partial charge in [0.15, 0.2) is 0 Å². The van der Waals surface area contributed by atoms with Crippen LogP contribution in [0.1, 0.15) is 43.6 Å². The van der Waals surface area contributed by atoms with E-state index < -0.39 is 11.9 Å². The molecule has 0 fully saturated rings. The summed E-state index contributed by atoms with van der Waals surface area (Å²) in [4.78, 5) is 25.7. The fraction of sp³-hybridized carbons (Fsp3) is 0.500. The van der Waals surface area contributed by atoms with Gasteiger partial charge in [-0.2, -0.15) is 0 Å². The number of carbonyl (C=O) groups is 2. The highest BCUT2D eigenvalue weighted by atomic mass is 16.4. The normalized spacial score (nSPS) is 11.1. The molecule has 0 atom stereocenters. The van der Waals surface area contributed by atoms with Crippen LogP contribution in [-0.2, 0) is 4.79 Å². The van der Waals surface area contributed by atoms with Crippen LogP contribution >= 0.6 is 0 Å². The van der Waals surface area contributed by atoms with Gasteiger partial charge in [0.2, 0.25) is 0 Å². The molecule has 1 heterocycles. The first-order valence-electron chi connectivity index (χ1n) is 6.53. The lowest BCUT2D eigenvalue weighted by Gasteiger charge is -2.24. The fourth-order valence-corrected chi connectivity index (χ4v) is 1.77. The number of carbonyl (C=O) groups excluding carboxylic acids is 1. The smallest absolute Gasteiger partial charge is 0.303 e. The Labute approximate surface area is 118 Å². The van der Waals surface area contributed by atoms with Crippen molar-refractivity contribution in [2.45, 2.75) is 33.1 Å². The molecule has 0 saturated heterocycles. The number of aliphatic carboxylic acids is 1. The predicted molar refractivity (Wildman–Crippen MR) is 76.5 cm³/mol. The number of rotatable bonds is 8. The summed E-state index contributed by atoms with van der Waals surface area (Å²) in [5, 5.41) is 11.8. The molecule has 1 rings (SSSR count). The minimum Gasteiger partial charge on any atom is -0.481 e. The summed E-state index contributed by atoms with van der Waals surface area (Å²) >= 11 is 0. The number of aromatic nitrogens is 1.